The van der Waals surface area contributed by atoms with E-state index in [1.807, 2.05) is 0 Å². The van der Waals surface area contributed by atoms with Crippen molar-refractivity contribution in [2.75, 3.05) is 0 Å². The second-order valence-corrected chi connectivity index (χ2v) is 3.01. The predicted octanol–water partition coefficient (Wildman–Crippen LogP) is 1.91. The summed E-state index contributed by atoms with van der Waals surface area (Å²) in [6, 6.07) is 0. The zero-order chi connectivity index (χ0) is 9.59. The molecule has 13 heavy (non-hydrogen) atoms. The molecule has 1 N–H and O–H groups in total. The lowest BCUT2D eigenvalue weighted by Crippen LogP contribution is -1.94. The minimum Gasteiger partial charge on any atom is -0.326 e. The highest BCUT2D eigenvalue weighted by Gasteiger charge is 2.11. The third kappa shape index (κ3) is 1.14. The van der Waals surface area contributed by atoms with Crippen molar-refractivity contribution in [1.82, 2.24) is 14.5 Å². The fraction of sp³-hybridized carbons (Fsp3) is 0.143. The molecule has 6 heteroatoms. The van der Waals surface area contributed by atoms with Crippen LogP contribution >= 0.6 is 12.2 Å². The second kappa shape index (κ2) is 2.59. The van der Waals surface area contributed by atoms with Crippen molar-refractivity contribution in [3.8, 4) is 0 Å². The maximum atomic E-state index is 13.0. The van der Waals surface area contributed by atoms with Crippen LogP contribution in [0.4, 0.5) is 8.78 Å². The zero-order valence-electron chi connectivity index (χ0n) is 6.64. The summed E-state index contributed by atoms with van der Waals surface area (Å²) < 4.78 is 27.4. The number of halogens is 2. The van der Waals surface area contributed by atoms with E-state index >= 15 is 0 Å². The van der Waals surface area contributed by atoms with E-state index in [1.165, 1.54) is 10.8 Å². The highest BCUT2D eigenvalue weighted by molar-refractivity contribution is 7.71. The van der Waals surface area contributed by atoms with Crippen LogP contribution in [0.2, 0.25) is 0 Å². The summed E-state index contributed by atoms with van der Waals surface area (Å²) in [5, 5.41) is 0.105. The molecule has 0 aliphatic heterocycles. The summed E-state index contributed by atoms with van der Waals surface area (Å²) in [6.07, 6.45) is 1.40. The van der Waals surface area contributed by atoms with Crippen LogP contribution in [-0.4, -0.2) is 14.5 Å². The van der Waals surface area contributed by atoms with E-state index in [2.05, 4.69) is 9.97 Å². The van der Waals surface area contributed by atoms with Gasteiger partial charge in [-0.25, -0.2) is 9.37 Å². The van der Waals surface area contributed by atoms with E-state index in [4.69, 9.17) is 12.2 Å². The normalized spacial score (nSPS) is 11.0. The Morgan fingerprint density at radius 3 is 2.92 bits per heavy atom. The first-order valence-corrected chi connectivity index (χ1v) is 3.91. The van der Waals surface area contributed by atoms with E-state index in [1.54, 1.807) is 7.05 Å². The maximum Gasteiger partial charge on any atom is 0.229 e. The van der Waals surface area contributed by atoms with Crippen LogP contribution in [0.15, 0.2) is 6.20 Å². The number of rotatable bonds is 0. The van der Waals surface area contributed by atoms with Crippen LogP contribution in [0, 0.1) is 16.5 Å². The third-order valence-electron chi connectivity index (χ3n) is 1.74. The van der Waals surface area contributed by atoms with Crippen LogP contribution in [0.1, 0.15) is 0 Å². The summed E-state index contributed by atoms with van der Waals surface area (Å²) in [6.45, 7) is 0. The van der Waals surface area contributed by atoms with Crippen molar-refractivity contribution in [2.24, 2.45) is 7.05 Å². The lowest BCUT2D eigenvalue weighted by Gasteiger charge is -1.96. The standard InChI is InChI=1S/C7H5F2N3S/c1-12-2-3-4(8)5(9)10-6(3)11-7(12)13/h2H,1H3,(H,10,11,13). The van der Waals surface area contributed by atoms with Crippen molar-refractivity contribution < 1.29 is 8.78 Å². The summed E-state index contributed by atoms with van der Waals surface area (Å²) in [5.41, 5.74) is 0.137. The maximum absolute atomic E-state index is 13.0. The molecule has 0 amide bonds. The van der Waals surface area contributed by atoms with Crippen LogP contribution in [0.5, 0.6) is 0 Å². The number of aryl methyl sites for hydroxylation is 1. The van der Waals surface area contributed by atoms with Gasteiger partial charge in [-0.15, -0.1) is 0 Å². The summed E-state index contributed by atoms with van der Waals surface area (Å²) >= 11 is 4.82. The number of hydrogen-bond donors (Lipinski definition) is 1. The second-order valence-electron chi connectivity index (χ2n) is 2.65. The Labute approximate surface area is 77.0 Å². The van der Waals surface area contributed by atoms with Gasteiger partial charge in [-0.3, -0.25) is 0 Å². The van der Waals surface area contributed by atoms with Gasteiger partial charge in [-0.2, -0.15) is 4.39 Å². The van der Waals surface area contributed by atoms with Crippen LogP contribution in [0.25, 0.3) is 11.0 Å². The topological polar surface area (TPSA) is 33.6 Å². The van der Waals surface area contributed by atoms with Gasteiger partial charge in [0.25, 0.3) is 0 Å². The largest absolute Gasteiger partial charge is 0.326 e. The molecule has 0 aromatic carbocycles. The van der Waals surface area contributed by atoms with Gasteiger partial charge in [-0.1, -0.05) is 0 Å². The Bertz CT molecular complexity index is 528. The van der Waals surface area contributed by atoms with Gasteiger partial charge in [-0.05, 0) is 12.2 Å². The molecule has 0 radical (unpaired) electrons. The molecule has 0 saturated heterocycles. The number of nitrogens with one attached hydrogen (secondary N) is 1. The fourth-order valence-corrected chi connectivity index (χ4v) is 1.22. The zero-order valence-corrected chi connectivity index (χ0v) is 7.45. The molecule has 0 aliphatic carbocycles. The molecule has 0 spiro atoms. The molecule has 0 fully saturated rings. The number of nitrogens with zero attached hydrogens (tertiary/aromatic N) is 2. The molecule has 3 nitrogen and oxygen atoms in total. The molecule has 0 unspecified atom stereocenters. The smallest absolute Gasteiger partial charge is 0.229 e. The Morgan fingerprint density at radius 2 is 2.23 bits per heavy atom. The highest BCUT2D eigenvalue weighted by atomic mass is 32.1. The van der Waals surface area contributed by atoms with Gasteiger partial charge in [0.15, 0.2) is 5.82 Å². The SMILES string of the molecule is Cn1cc2c(F)c(F)[nH]c2nc1=S. The van der Waals surface area contributed by atoms with Crippen molar-refractivity contribution >= 4 is 23.3 Å². The summed E-state index contributed by atoms with van der Waals surface area (Å²) in [5.74, 6) is -1.93. The third-order valence-corrected chi connectivity index (χ3v) is 2.12. The average Bonchev–Trinajstić information content (AvgIpc) is 2.32. The number of hydrogen-bond acceptors (Lipinski definition) is 2. The summed E-state index contributed by atoms with van der Waals surface area (Å²) in [4.78, 5) is 5.96. The number of aromatic amines is 1. The predicted molar refractivity (Wildman–Crippen MR) is 45.8 cm³/mol. The van der Waals surface area contributed by atoms with Gasteiger partial charge in [0, 0.05) is 13.2 Å². The van der Waals surface area contributed by atoms with E-state index in [-0.39, 0.29) is 15.8 Å². The molecule has 2 aromatic heterocycles. The number of aromatic nitrogens is 3. The Balaban J connectivity index is 2.97. The molecular formula is C7H5F2N3S. The number of H-pyrrole nitrogens is 1. The fourth-order valence-electron chi connectivity index (χ4n) is 1.08. The average molecular weight is 201 g/mol. The molecule has 0 saturated carbocycles. The van der Waals surface area contributed by atoms with Crippen LogP contribution < -0.4 is 0 Å². The minimum absolute atomic E-state index is 0.105. The van der Waals surface area contributed by atoms with Crippen LogP contribution in [-0.2, 0) is 7.05 Å². The molecule has 2 heterocycles. The van der Waals surface area contributed by atoms with Crippen molar-refractivity contribution in [1.29, 1.82) is 0 Å². The molecule has 0 bridgehead atoms. The van der Waals surface area contributed by atoms with Gasteiger partial charge in [0.1, 0.15) is 5.65 Å². The minimum atomic E-state index is -1.01. The van der Waals surface area contributed by atoms with Crippen molar-refractivity contribution in [3.05, 3.63) is 22.7 Å². The van der Waals surface area contributed by atoms with Gasteiger partial charge >= 0.3 is 0 Å². The van der Waals surface area contributed by atoms with Gasteiger partial charge < -0.3 is 9.55 Å². The first-order valence-electron chi connectivity index (χ1n) is 3.50. The van der Waals surface area contributed by atoms with Crippen molar-refractivity contribution in [3.63, 3.8) is 0 Å². The van der Waals surface area contributed by atoms with E-state index < -0.39 is 11.8 Å². The Kier molecular flexibility index (Phi) is 1.66. The van der Waals surface area contributed by atoms with E-state index in [0.29, 0.717) is 0 Å². The van der Waals surface area contributed by atoms with Gasteiger partial charge in [0.2, 0.25) is 10.7 Å². The Morgan fingerprint density at radius 1 is 1.54 bits per heavy atom. The lowest BCUT2D eigenvalue weighted by atomic mass is 10.4. The monoisotopic (exact) mass is 201 g/mol. The van der Waals surface area contributed by atoms with Crippen molar-refractivity contribution in [2.45, 2.75) is 0 Å². The molecule has 0 atom stereocenters. The first-order chi connectivity index (χ1) is 6.09. The van der Waals surface area contributed by atoms with E-state index in [9.17, 15) is 8.78 Å². The van der Waals surface area contributed by atoms with E-state index in [0.717, 1.165) is 0 Å². The first kappa shape index (κ1) is 8.31. The molecule has 2 aromatic rings. The highest BCUT2D eigenvalue weighted by Crippen LogP contribution is 2.16. The summed E-state index contributed by atoms with van der Waals surface area (Å²) in [7, 11) is 1.62. The lowest BCUT2D eigenvalue weighted by molar-refractivity contribution is 0.498. The molecule has 0 aliphatic rings. The number of fused-ring (bicyclic) bond motifs is 1. The molecule has 2 rings (SSSR count). The van der Waals surface area contributed by atoms with Gasteiger partial charge in [0.05, 0.1) is 5.39 Å². The molecular weight excluding hydrogens is 196 g/mol. The quantitative estimate of drug-likeness (QED) is 0.660. The Hall–Kier alpha value is -1.30. The molecule has 68 valence electrons. The van der Waals surface area contributed by atoms with Crippen LogP contribution in [0.3, 0.4) is 0 Å².